The highest BCUT2D eigenvalue weighted by atomic mass is 16.5. The van der Waals surface area contributed by atoms with E-state index in [2.05, 4.69) is 17.2 Å². The lowest BCUT2D eigenvalue weighted by molar-refractivity contribution is -0.125. The van der Waals surface area contributed by atoms with Crippen LogP contribution >= 0.6 is 0 Å². The molecule has 0 radical (unpaired) electrons. The molecule has 1 unspecified atom stereocenters. The second-order valence-electron chi connectivity index (χ2n) is 3.96. The van der Waals surface area contributed by atoms with Gasteiger partial charge < -0.3 is 15.4 Å². The van der Waals surface area contributed by atoms with Gasteiger partial charge in [0.05, 0.1) is 13.2 Å². The summed E-state index contributed by atoms with van der Waals surface area (Å²) in [6, 6.07) is -0.367. The molecule has 1 rings (SSSR count). The van der Waals surface area contributed by atoms with E-state index in [1.54, 1.807) is 0 Å². The molecule has 0 aromatic carbocycles. The molecule has 1 atom stereocenters. The van der Waals surface area contributed by atoms with E-state index in [1.165, 1.54) is 0 Å². The zero-order valence-electron chi connectivity index (χ0n) is 9.54. The molecule has 0 aromatic heterocycles. The maximum atomic E-state index is 11.5. The average Bonchev–Trinajstić information content (AvgIpc) is 2.63. The summed E-state index contributed by atoms with van der Waals surface area (Å²) in [5, 5.41) is 5.32. The highest BCUT2D eigenvalue weighted by Crippen LogP contribution is 2.05. The van der Waals surface area contributed by atoms with Crippen molar-refractivity contribution in [1.82, 2.24) is 10.6 Å². The van der Waals surface area contributed by atoms with Crippen molar-refractivity contribution in [3.8, 4) is 0 Å². The quantitative estimate of drug-likeness (QED) is 0.494. The molecule has 16 heavy (non-hydrogen) atoms. The van der Waals surface area contributed by atoms with Gasteiger partial charge in [-0.3, -0.25) is 9.59 Å². The van der Waals surface area contributed by atoms with Crippen LogP contribution in [0.25, 0.3) is 0 Å². The summed E-state index contributed by atoms with van der Waals surface area (Å²) < 4.78 is 5.23. The first-order valence-electron chi connectivity index (χ1n) is 5.39. The van der Waals surface area contributed by atoms with Crippen molar-refractivity contribution in [1.29, 1.82) is 0 Å². The molecule has 2 N–H and O–H groups in total. The van der Waals surface area contributed by atoms with E-state index in [4.69, 9.17) is 4.74 Å². The fourth-order valence-corrected chi connectivity index (χ4v) is 1.43. The van der Waals surface area contributed by atoms with Crippen LogP contribution in [0.4, 0.5) is 0 Å². The highest BCUT2D eigenvalue weighted by Gasteiger charge is 2.26. The second kappa shape index (κ2) is 6.27. The fourth-order valence-electron chi connectivity index (χ4n) is 1.43. The van der Waals surface area contributed by atoms with E-state index in [0.717, 1.165) is 5.57 Å². The van der Waals surface area contributed by atoms with E-state index in [1.807, 2.05) is 6.92 Å². The Kier molecular flexibility index (Phi) is 4.98. The smallest absolute Gasteiger partial charge is 0.242 e. The van der Waals surface area contributed by atoms with Gasteiger partial charge in [-0.25, -0.2) is 0 Å². The molecule has 1 aliphatic heterocycles. The second-order valence-corrected chi connectivity index (χ2v) is 3.96. The van der Waals surface area contributed by atoms with Gasteiger partial charge in [0.2, 0.25) is 11.8 Å². The standard InChI is InChI=1S/C11H18N2O3/c1-8(2)7-16-6-5-12-11(15)9-3-4-10(14)13-9/h9H,1,3-7H2,2H3,(H,12,15)(H,13,14). The first-order chi connectivity index (χ1) is 7.59. The number of ether oxygens (including phenoxy) is 1. The molecule has 1 aliphatic rings. The Bertz CT molecular complexity index is 289. The van der Waals surface area contributed by atoms with Crippen molar-refractivity contribution in [3.63, 3.8) is 0 Å². The first-order valence-corrected chi connectivity index (χ1v) is 5.39. The van der Waals surface area contributed by atoms with Crippen LogP contribution in [0.5, 0.6) is 0 Å². The summed E-state index contributed by atoms with van der Waals surface area (Å²) in [7, 11) is 0. The molecular weight excluding hydrogens is 208 g/mol. The van der Waals surface area contributed by atoms with Crippen LogP contribution in [0.1, 0.15) is 19.8 Å². The summed E-state index contributed by atoms with van der Waals surface area (Å²) in [5.41, 5.74) is 0.953. The van der Waals surface area contributed by atoms with Crippen molar-refractivity contribution in [2.24, 2.45) is 0 Å². The van der Waals surface area contributed by atoms with Gasteiger partial charge in [-0.2, -0.15) is 0 Å². The molecule has 1 heterocycles. The molecule has 1 saturated heterocycles. The Morgan fingerprint density at radius 3 is 3.00 bits per heavy atom. The number of rotatable bonds is 6. The third-order valence-electron chi connectivity index (χ3n) is 2.21. The number of carbonyl (C=O) groups excluding carboxylic acids is 2. The summed E-state index contributed by atoms with van der Waals surface area (Å²) in [5.74, 6) is -0.191. The molecule has 5 nitrogen and oxygen atoms in total. The first kappa shape index (κ1) is 12.7. The number of hydrogen-bond donors (Lipinski definition) is 2. The third kappa shape index (κ3) is 4.44. The Labute approximate surface area is 95.2 Å². The van der Waals surface area contributed by atoms with Crippen LogP contribution in [0, 0.1) is 0 Å². The minimum absolute atomic E-state index is 0.0568. The van der Waals surface area contributed by atoms with E-state index in [9.17, 15) is 9.59 Å². The van der Waals surface area contributed by atoms with Crippen LogP contribution in [-0.2, 0) is 14.3 Å². The SMILES string of the molecule is C=C(C)COCCNC(=O)C1CCC(=O)N1. The number of hydrogen-bond acceptors (Lipinski definition) is 3. The van der Waals surface area contributed by atoms with Crippen LogP contribution < -0.4 is 10.6 Å². The van der Waals surface area contributed by atoms with Gasteiger partial charge in [0.15, 0.2) is 0 Å². The molecule has 0 spiro atoms. The van der Waals surface area contributed by atoms with Gasteiger partial charge in [0.1, 0.15) is 6.04 Å². The van der Waals surface area contributed by atoms with Gasteiger partial charge in [0, 0.05) is 13.0 Å². The number of nitrogens with one attached hydrogen (secondary N) is 2. The minimum atomic E-state index is -0.367. The van der Waals surface area contributed by atoms with Crippen LogP contribution in [0.2, 0.25) is 0 Å². The summed E-state index contributed by atoms with van der Waals surface area (Å²) in [6.45, 7) is 7.01. The van der Waals surface area contributed by atoms with Crippen molar-refractivity contribution < 1.29 is 14.3 Å². The van der Waals surface area contributed by atoms with Crippen LogP contribution in [-0.4, -0.2) is 37.6 Å². The molecule has 1 fully saturated rings. The Balaban J connectivity index is 2.06. The van der Waals surface area contributed by atoms with Gasteiger partial charge >= 0.3 is 0 Å². The maximum absolute atomic E-state index is 11.5. The summed E-state index contributed by atoms with van der Waals surface area (Å²) in [4.78, 5) is 22.4. The van der Waals surface area contributed by atoms with E-state index in [0.29, 0.717) is 32.6 Å². The Morgan fingerprint density at radius 2 is 2.44 bits per heavy atom. The summed E-state index contributed by atoms with van der Waals surface area (Å²) in [6.07, 6.45) is 1.02. The lowest BCUT2D eigenvalue weighted by Crippen LogP contribution is -2.42. The van der Waals surface area contributed by atoms with E-state index in [-0.39, 0.29) is 17.9 Å². The topological polar surface area (TPSA) is 67.4 Å². The maximum Gasteiger partial charge on any atom is 0.242 e. The molecule has 0 aliphatic carbocycles. The van der Waals surface area contributed by atoms with E-state index >= 15 is 0 Å². The molecule has 0 saturated carbocycles. The fraction of sp³-hybridized carbons (Fsp3) is 0.636. The molecule has 0 bridgehead atoms. The highest BCUT2D eigenvalue weighted by molar-refractivity contribution is 5.90. The molecular formula is C11H18N2O3. The van der Waals surface area contributed by atoms with Gasteiger partial charge in [-0.05, 0) is 13.3 Å². The third-order valence-corrected chi connectivity index (χ3v) is 2.21. The van der Waals surface area contributed by atoms with E-state index < -0.39 is 0 Å². The largest absolute Gasteiger partial charge is 0.375 e. The molecule has 90 valence electrons. The Hall–Kier alpha value is -1.36. The lowest BCUT2D eigenvalue weighted by atomic mass is 10.2. The van der Waals surface area contributed by atoms with Crippen molar-refractivity contribution in [2.45, 2.75) is 25.8 Å². The lowest BCUT2D eigenvalue weighted by Gasteiger charge is -2.10. The average molecular weight is 226 g/mol. The van der Waals surface area contributed by atoms with Crippen molar-refractivity contribution in [3.05, 3.63) is 12.2 Å². The number of amides is 2. The molecule has 2 amide bonds. The zero-order valence-corrected chi connectivity index (χ0v) is 9.54. The molecule has 5 heteroatoms. The van der Waals surface area contributed by atoms with Crippen LogP contribution in [0.3, 0.4) is 0 Å². The normalized spacial score (nSPS) is 19.3. The minimum Gasteiger partial charge on any atom is -0.375 e. The summed E-state index contributed by atoms with van der Waals surface area (Å²) >= 11 is 0. The monoisotopic (exact) mass is 226 g/mol. The van der Waals surface area contributed by atoms with Crippen molar-refractivity contribution >= 4 is 11.8 Å². The van der Waals surface area contributed by atoms with Gasteiger partial charge in [-0.15, -0.1) is 0 Å². The zero-order chi connectivity index (χ0) is 12.0. The van der Waals surface area contributed by atoms with Gasteiger partial charge in [-0.1, -0.05) is 12.2 Å². The Morgan fingerprint density at radius 1 is 1.69 bits per heavy atom. The predicted octanol–water partition coefficient (Wildman–Crippen LogP) is -0.0261. The van der Waals surface area contributed by atoms with Crippen LogP contribution in [0.15, 0.2) is 12.2 Å². The predicted molar refractivity (Wildman–Crippen MR) is 59.8 cm³/mol. The molecule has 0 aromatic rings. The van der Waals surface area contributed by atoms with Gasteiger partial charge in [0.25, 0.3) is 0 Å². The number of carbonyl (C=O) groups is 2. The van der Waals surface area contributed by atoms with Crippen molar-refractivity contribution in [2.75, 3.05) is 19.8 Å².